The number of likely N-dealkylation sites (N-methyl/N-ethyl adjacent to an activating group) is 1. The first-order valence-electron chi connectivity index (χ1n) is 12.4. The number of hydrogen-bond acceptors (Lipinski definition) is 8. The summed E-state index contributed by atoms with van der Waals surface area (Å²) in [6.07, 6.45) is 0. The van der Waals surface area contributed by atoms with E-state index < -0.39 is 12.0 Å². The third-order valence-corrected chi connectivity index (χ3v) is 7.02. The van der Waals surface area contributed by atoms with Crippen LogP contribution < -0.4 is 33.7 Å². The van der Waals surface area contributed by atoms with E-state index in [1.54, 1.807) is 61.5 Å². The van der Waals surface area contributed by atoms with E-state index in [-0.39, 0.29) is 11.8 Å². The van der Waals surface area contributed by atoms with Crippen LogP contribution in [0.1, 0.15) is 33.4 Å². The van der Waals surface area contributed by atoms with Gasteiger partial charge in [0.15, 0.2) is 34.5 Å². The van der Waals surface area contributed by atoms with E-state index in [1.165, 1.54) is 21.3 Å². The first kappa shape index (κ1) is 26.0. The van der Waals surface area contributed by atoms with Crippen LogP contribution in [0.25, 0.3) is 0 Å². The second kappa shape index (κ2) is 10.6. The molecule has 1 N–H and O–H groups in total. The largest absolute Gasteiger partial charge is 0.493 e. The Labute approximate surface area is 226 Å². The first-order valence-corrected chi connectivity index (χ1v) is 12.4. The summed E-state index contributed by atoms with van der Waals surface area (Å²) in [4.78, 5) is 29.3. The summed E-state index contributed by atoms with van der Waals surface area (Å²) in [6, 6.07) is 13.2. The lowest BCUT2D eigenvalue weighted by atomic mass is 9.79. The van der Waals surface area contributed by atoms with Gasteiger partial charge in [0.1, 0.15) is 13.2 Å². The molecular weight excluding hydrogens is 504 g/mol. The fourth-order valence-corrected chi connectivity index (χ4v) is 5.13. The van der Waals surface area contributed by atoms with Crippen LogP contribution >= 0.6 is 0 Å². The summed E-state index contributed by atoms with van der Waals surface area (Å²) >= 11 is 0. The summed E-state index contributed by atoms with van der Waals surface area (Å²) in [5.41, 5.74) is 2.11. The Kier molecular flexibility index (Phi) is 7.10. The van der Waals surface area contributed by atoms with E-state index in [0.29, 0.717) is 70.1 Å². The molecule has 0 aliphatic carbocycles. The normalized spacial score (nSPS) is 17.7. The van der Waals surface area contributed by atoms with Gasteiger partial charge in [-0.1, -0.05) is 6.07 Å². The molecule has 2 unspecified atom stereocenters. The number of ether oxygens (including phenoxy) is 6. The second-order valence-corrected chi connectivity index (χ2v) is 9.10. The van der Waals surface area contributed by atoms with Crippen molar-refractivity contribution in [1.82, 2.24) is 4.90 Å². The Bertz CT molecular complexity index is 1420. The van der Waals surface area contributed by atoms with Gasteiger partial charge in [-0.3, -0.25) is 9.59 Å². The minimum Gasteiger partial charge on any atom is -0.493 e. The number of methoxy groups -OCH3 is 4. The number of rotatable bonds is 7. The highest BCUT2D eigenvalue weighted by atomic mass is 16.6. The summed E-state index contributed by atoms with van der Waals surface area (Å²) in [5.74, 6) is 1.62. The lowest BCUT2D eigenvalue weighted by Gasteiger charge is -2.40. The Hall–Kier alpha value is -4.60. The van der Waals surface area contributed by atoms with Crippen molar-refractivity contribution in [1.29, 1.82) is 0 Å². The molecule has 0 fully saturated rings. The summed E-state index contributed by atoms with van der Waals surface area (Å²) in [7, 11) is 7.77. The second-order valence-electron chi connectivity index (χ2n) is 9.10. The Balaban J connectivity index is 1.63. The molecule has 39 heavy (non-hydrogen) atoms. The van der Waals surface area contributed by atoms with Gasteiger partial charge < -0.3 is 38.6 Å². The third-order valence-electron chi connectivity index (χ3n) is 7.02. The van der Waals surface area contributed by atoms with Crippen molar-refractivity contribution in [2.75, 3.05) is 54.0 Å². The Morgan fingerprint density at radius 1 is 0.821 bits per heavy atom. The van der Waals surface area contributed by atoms with Crippen molar-refractivity contribution >= 4 is 17.5 Å². The summed E-state index contributed by atoms with van der Waals surface area (Å²) < 4.78 is 33.2. The summed E-state index contributed by atoms with van der Waals surface area (Å²) in [6.45, 7) is 0.895. The zero-order valence-electron chi connectivity index (χ0n) is 22.4. The maximum absolute atomic E-state index is 14.1. The number of nitrogens with one attached hydrogen (secondary N) is 1. The van der Waals surface area contributed by atoms with Crippen LogP contribution in [0.4, 0.5) is 5.69 Å². The van der Waals surface area contributed by atoms with Gasteiger partial charge in [-0.05, 0) is 47.5 Å². The fourth-order valence-electron chi connectivity index (χ4n) is 5.13. The lowest BCUT2D eigenvalue weighted by molar-refractivity contribution is -0.119. The molecule has 0 aromatic heterocycles. The number of amides is 2. The van der Waals surface area contributed by atoms with Crippen LogP contribution in [0.5, 0.6) is 34.5 Å². The SMILES string of the molecule is COc1ccc(C2C(C(=O)Nc3ccc4c(c3)OCCO4)c3cc(OC)c(OC)cc3C(=O)N2C)cc1OC. The van der Waals surface area contributed by atoms with Crippen LogP contribution in [0.3, 0.4) is 0 Å². The highest BCUT2D eigenvalue weighted by Gasteiger charge is 2.44. The van der Waals surface area contributed by atoms with Crippen molar-refractivity contribution in [2.24, 2.45) is 0 Å². The quantitative estimate of drug-likeness (QED) is 0.484. The van der Waals surface area contributed by atoms with E-state index in [9.17, 15) is 9.59 Å². The fraction of sp³-hybridized carbons (Fsp3) is 0.310. The first-order chi connectivity index (χ1) is 18.9. The Morgan fingerprint density at radius 3 is 2.15 bits per heavy atom. The molecule has 3 aromatic rings. The maximum atomic E-state index is 14.1. The predicted octanol–water partition coefficient (Wildman–Crippen LogP) is 4.04. The lowest BCUT2D eigenvalue weighted by Crippen LogP contribution is -2.44. The van der Waals surface area contributed by atoms with Crippen molar-refractivity contribution in [2.45, 2.75) is 12.0 Å². The Morgan fingerprint density at radius 2 is 1.46 bits per heavy atom. The molecule has 2 atom stereocenters. The molecule has 2 aliphatic heterocycles. The topological polar surface area (TPSA) is 105 Å². The van der Waals surface area contributed by atoms with Gasteiger partial charge in [0.05, 0.1) is 40.4 Å². The molecule has 204 valence electrons. The number of carbonyl (C=O) groups is 2. The molecular formula is C29H30N2O8. The number of benzene rings is 3. The van der Waals surface area contributed by atoms with Gasteiger partial charge in [-0.2, -0.15) is 0 Å². The van der Waals surface area contributed by atoms with Crippen LogP contribution in [0, 0.1) is 0 Å². The van der Waals surface area contributed by atoms with Crippen LogP contribution in [-0.2, 0) is 4.79 Å². The minimum absolute atomic E-state index is 0.255. The molecule has 0 spiro atoms. The molecule has 0 bridgehead atoms. The average Bonchev–Trinajstić information content (AvgIpc) is 2.97. The van der Waals surface area contributed by atoms with Gasteiger partial charge in [-0.25, -0.2) is 0 Å². The number of fused-ring (bicyclic) bond motifs is 2. The number of carbonyl (C=O) groups excluding carboxylic acids is 2. The van der Waals surface area contributed by atoms with E-state index in [1.807, 2.05) is 6.07 Å². The molecule has 5 rings (SSSR count). The summed E-state index contributed by atoms with van der Waals surface area (Å²) in [5, 5.41) is 3.01. The molecule has 0 radical (unpaired) electrons. The molecule has 0 saturated carbocycles. The number of hydrogen-bond donors (Lipinski definition) is 1. The van der Waals surface area contributed by atoms with Crippen LogP contribution in [0.15, 0.2) is 48.5 Å². The van der Waals surface area contributed by atoms with Crippen LogP contribution in [0.2, 0.25) is 0 Å². The van der Waals surface area contributed by atoms with E-state index in [0.717, 1.165) is 0 Å². The third kappa shape index (κ3) is 4.62. The molecule has 10 nitrogen and oxygen atoms in total. The molecule has 10 heteroatoms. The molecule has 0 saturated heterocycles. The maximum Gasteiger partial charge on any atom is 0.254 e. The standard InChI is InChI=1S/C29H30N2O8/c1-31-27(16-6-8-20(34-2)22(12-16)35-3)26(18-14-23(36-4)24(37-5)15-19(18)29(31)33)28(32)30-17-7-9-21-25(13-17)39-11-10-38-21/h6-9,12-15,26-27H,10-11H2,1-5H3,(H,30,32). The number of anilines is 1. The van der Waals surface area contributed by atoms with Crippen molar-refractivity contribution in [3.63, 3.8) is 0 Å². The molecule has 2 heterocycles. The van der Waals surface area contributed by atoms with Gasteiger partial charge in [-0.15, -0.1) is 0 Å². The minimum atomic E-state index is -0.811. The van der Waals surface area contributed by atoms with Crippen molar-refractivity contribution in [3.05, 3.63) is 65.2 Å². The highest BCUT2D eigenvalue weighted by molar-refractivity contribution is 6.05. The highest BCUT2D eigenvalue weighted by Crippen LogP contribution is 2.47. The number of nitrogens with zero attached hydrogens (tertiary/aromatic N) is 1. The van der Waals surface area contributed by atoms with Crippen molar-refractivity contribution < 1.29 is 38.0 Å². The van der Waals surface area contributed by atoms with Gasteiger partial charge in [0, 0.05) is 24.4 Å². The zero-order valence-corrected chi connectivity index (χ0v) is 22.4. The van der Waals surface area contributed by atoms with Crippen LogP contribution in [-0.4, -0.2) is 65.4 Å². The van der Waals surface area contributed by atoms with E-state index >= 15 is 0 Å². The van der Waals surface area contributed by atoms with Gasteiger partial charge in [0.2, 0.25) is 5.91 Å². The molecule has 3 aromatic carbocycles. The van der Waals surface area contributed by atoms with Gasteiger partial charge in [0.25, 0.3) is 5.91 Å². The van der Waals surface area contributed by atoms with E-state index in [4.69, 9.17) is 28.4 Å². The average molecular weight is 535 g/mol. The smallest absolute Gasteiger partial charge is 0.254 e. The molecule has 2 aliphatic rings. The van der Waals surface area contributed by atoms with Gasteiger partial charge >= 0.3 is 0 Å². The van der Waals surface area contributed by atoms with E-state index in [2.05, 4.69) is 5.32 Å². The monoisotopic (exact) mass is 534 g/mol. The molecule has 2 amide bonds. The zero-order chi connectivity index (χ0) is 27.7. The van der Waals surface area contributed by atoms with Crippen molar-refractivity contribution in [3.8, 4) is 34.5 Å². The predicted molar refractivity (Wildman–Crippen MR) is 143 cm³/mol.